The second-order valence-electron chi connectivity index (χ2n) is 5.85. The first kappa shape index (κ1) is 16.7. The van der Waals surface area contributed by atoms with Crippen LogP contribution in [-0.2, 0) is 6.42 Å². The van der Waals surface area contributed by atoms with Gasteiger partial charge in [-0.3, -0.25) is 4.79 Å². The van der Waals surface area contributed by atoms with E-state index in [0.29, 0.717) is 5.56 Å². The second-order valence-corrected chi connectivity index (χ2v) is 5.85. The summed E-state index contributed by atoms with van der Waals surface area (Å²) in [5.74, 6) is 0.0176. The van der Waals surface area contributed by atoms with Crippen LogP contribution in [0.5, 0.6) is 0 Å². The molecular formula is C24H20O. The Bertz CT molecular complexity index is 857. The lowest BCUT2D eigenvalue weighted by Gasteiger charge is -2.03. The average Bonchev–Trinajstić information content (AvgIpc) is 2.67. The van der Waals surface area contributed by atoms with Crippen LogP contribution in [0.25, 0.3) is 6.08 Å². The fraction of sp³-hybridized carbons (Fsp3) is 0.0417. The Morgan fingerprint density at radius 3 is 1.96 bits per heavy atom. The molecule has 0 unspecified atom stereocenters. The quantitative estimate of drug-likeness (QED) is 0.321. The maximum absolute atomic E-state index is 12.2. The van der Waals surface area contributed by atoms with E-state index in [1.807, 2.05) is 84.9 Å². The second kappa shape index (κ2) is 8.60. The van der Waals surface area contributed by atoms with E-state index in [1.165, 1.54) is 11.1 Å². The molecule has 3 aromatic rings. The van der Waals surface area contributed by atoms with E-state index in [2.05, 4.69) is 12.1 Å². The van der Waals surface area contributed by atoms with Crippen molar-refractivity contribution in [1.82, 2.24) is 0 Å². The van der Waals surface area contributed by atoms with Gasteiger partial charge < -0.3 is 0 Å². The van der Waals surface area contributed by atoms with Gasteiger partial charge in [-0.05, 0) is 29.2 Å². The molecule has 3 aromatic carbocycles. The summed E-state index contributed by atoms with van der Waals surface area (Å²) in [5, 5.41) is 0. The third-order valence-corrected chi connectivity index (χ3v) is 3.94. The Morgan fingerprint density at radius 1 is 0.680 bits per heavy atom. The van der Waals surface area contributed by atoms with Crippen LogP contribution in [0.1, 0.15) is 27.0 Å². The molecular weight excluding hydrogens is 304 g/mol. The molecule has 0 spiro atoms. The van der Waals surface area contributed by atoms with E-state index in [4.69, 9.17) is 0 Å². The van der Waals surface area contributed by atoms with Crippen molar-refractivity contribution in [3.63, 3.8) is 0 Å². The molecule has 0 N–H and O–H groups in total. The standard InChI is InChI=1S/C24H20O/c25-24(14-8-7-11-20-9-3-1-4-10-20)23-17-15-22(16-18-23)19-21-12-5-2-6-13-21/h1-18H,19H2/b11-7+,14-8+. The van der Waals surface area contributed by atoms with Gasteiger partial charge in [-0.1, -0.05) is 103 Å². The Kier molecular flexibility index (Phi) is 5.73. The molecule has 0 heterocycles. The summed E-state index contributed by atoms with van der Waals surface area (Å²) in [4.78, 5) is 12.2. The van der Waals surface area contributed by atoms with Gasteiger partial charge in [-0.25, -0.2) is 0 Å². The monoisotopic (exact) mass is 324 g/mol. The van der Waals surface area contributed by atoms with Crippen molar-refractivity contribution in [2.24, 2.45) is 0 Å². The van der Waals surface area contributed by atoms with E-state index in [1.54, 1.807) is 12.2 Å². The fourth-order valence-corrected chi connectivity index (χ4v) is 2.59. The molecule has 0 saturated carbocycles. The van der Waals surface area contributed by atoms with Gasteiger partial charge in [0, 0.05) is 5.56 Å². The van der Waals surface area contributed by atoms with E-state index in [0.717, 1.165) is 12.0 Å². The van der Waals surface area contributed by atoms with E-state index >= 15 is 0 Å². The Balaban J connectivity index is 1.59. The number of ketones is 1. The van der Waals surface area contributed by atoms with Gasteiger partial charge in [0.05, 0.1) is 0 Å². The summed E-state index contributed by atoms with van der Waals surface area (Å²) in [7, 11) is 0. The summed E-state index contributed by atoms with van der Waals surface area (Å²) >= 11 is 0. The van der Waals surface area contributed by atoms with Crippen molar-refractivity contribution in [3.05, 3.63) is 125 Å². The first-order chi connectivity index (χ1) is 12.3. The van der Waals surface area contributed by atoms with E-state index in [9.17, 15) is 4.79 Å². The SMILES string of the molecule is O=C(/C=C/C=C/c1ccccc1)c1ccc(Cc2ccccc2)cc1. The molecule has 3 rings (SSSR count). The third-order valence-electron chi connectivity index (χ3n) is 3.94. The average molecular weight is 324 g/mol. The van der Waals surface area contributed by atoms with Crippen LogP contribution in [0, 0.1) is 0 Å². The zero-order valence-electron chi connectivity index (χ0n) is 14.0. The normalized spacial score (nSPS) is 11.2. The Hall–Kier alpha value is -3.19. The lowest BCUT2D eigenvalue weighted by atomic mass is 10.0. The van der Waals surface area contributed by atoms with Crippen LogP contribution in [0.3, 0.4) is 0 Å². The summed E-state index contributed by atoms with van der Waals surface area (Å²) in [5.41, 5.74) is 4.30. The predicted molar refractivity (Wildman–Crippen MR) is 105 cm³/mol. The molecule has 0 radical (unpaired) electrons. The summed E-state index contributed by atoms with van der Waals surface area (Å²) in [6.07, 6.45) is 8.13. The Morgan fingerprint density at radius 2 is 1.28 bits per heavy atom. The fourth-order valence-electron chi connectivity index (χ4n) is 2.59. The van der Waals surface area contributed by atoms with Crippen molar-refractivity contribution in [1.29, 1.82) is 0 Å². The summed E-state index contributed by atoms with van der Waals surface area (Å²) < 4.78 is 0. The van der Waals surface area contributed by atoms with Gasteiger partial charge in [-0.15, -0.1) is 0 Å². The minimum atomic E-state index is 0.0176. The molecule has 0 atom stereocenters. The number of benzene rings is 3. The van der Waals surface area contributed by atoms with Crippen LogP contribution in [0.15, 0.2) is 103 Å². The molecule has 0 saturated heterocycles. The van der Waals surface area contributed by atoms with Crippen LogP contribution >= 0.6 is 0 Å². The Labute approximate surface area is 149 Å². The van der Waals surface area contributed by atoms with Gasteiger partial charge in [0.25, 0.3) is 0 Å². The highest BCUT2D eigenvalue weighted by molar-refractivity contribution is 6.04. The zero-order valence-corrected chi connectivity index (χ0v) is 14.0. The maximum atomic E-state index is 12.2. The smallest absolute Gasteiger partial charge is 0.185 e. The maximum Gasteiger partial charge on any atom is 0.185 e. The largest absolute Gasteiger partial charge is 0.289 e. The molecule has 1 heteroatoms. The highest BCUT2D eigenvalue weighted by Gasteiger charge is 2.02. The molecule has 0 aromatic heterocycles. The lowest BCUT2D eigenvalue weighted by Crippen LogP contribution is -1.95. The van der Waals surface area contributed by atoms with Crippen LogP contribution in [0.2, 0.25) is 0 Å². The van der Waals surface area contributed by atoms with Crippen LogP contribution in [0.4, 0.5) is 0 Å². The number of rotatable bonds is 6. The third kappa shape index (κ3) is 5.15. The summed E-state index contributed by atoms with van der Waals surface area (Å²) in [6.45, 7) is 0. The molecule has 0 aliphatic heterocycles. The van der Waals surface area contributed by atoms with Gasteiger partial charge >= 0.3 is 0 Å². The van der Waals surface area contributed by atoms with Gasteiger partial charge in [-0.2, -0.15) is 0 Å². The molecule has 25 heavy (non-hydrogen) atoms. The lowest BCUT2D eigenvalue weighted by molar-refractivity contribution is 0.104. The van der Waals surface area contributed by atoms with Gasteiger partial charge in [0.15, 0.2) is 5.78 Å². The molecule has 0 fully saturated rings. The van der Waals surface area contributed by atoms with Crippen molar-refractivity contribution in [2.45, 2.75) is 6.42 Å². The van der Waals surface area contributed by atoms with Crippen LogP contribution in [-0.4, -0.2) is 5.78 Å². The number of hydrogen-bond acceptors (Lipinski definition) is 1. The minimum Gasteiger partial charge on any atom is -0.289 e. The van der Waals surface area contributed by atoms with Gasteiger partial charge in [0.1, 0.15) is 0 Å². The van der Waals surface area contributed by atoms with E-state index < -0.39 is 0 Å². The van der Waals surface area contributed by atoms with Gasteiger partial charge in [0.2, 0.25) is 0 Å². The van der Waals surface area contributed by atoms with Crippen molar-refractivity contribution in [3.8, 4) is 0 Å². The summed E-state index contributed by atoms with van der Waals surface area (Å²) in [6, 6.07) is 28.2. The number of hydrogen-bond donors (Lipinski definition) is 0. The zero-order chi connectivity index (χ0) is 17.3. The highest BCUT2D eigenvalue weighted by Crippen LogP contribution is 2.11. The van der Waals surface area contributed by atoms with Crippen molar-refractivity contribution < 1.29 is 4.79 Å². The van der Waals surface area contributed by atoms with Crippen molar-refractivity contribution >= 4 is 11.9 Å². The number of carbonyl (C=O) groups is 1. The topological polar surface area (TPSA) is 17.1 Å². The molecule has 0 aliphatic rings. The highest BCUT2D eigenvalue weighted by atomic mass is 16.1. The first-order valence-corrected chi connectivity index (χ1v) is 8.38. The number of allylic oxidation sites excluding steroid dienone is 3. The molecule has 0 aliphatic carbocycles. The molecule has 122 valence electrons. The number of carbonyl (C=O) groups excluding carboxylic acids is 1. The molecule has 0 bridgehead atoms. The van der Waals surface area contributed by atoms with Crippen molar-refractivity contribution in [2.75, 3.05) is 0 Å². The molecule has 1 nitrogen and oxygen atoms in total. The van der Waals surface area contributed by atoms with Crippen LogP contribution < -0.4 is 0 Å². The predicted octanol–water partition coefficient (Wildman–Crippen LogP) is 5.73. The first-order valence-electron chi connectivity index (χ1n) is 8.38. The molecule has 0 amide bonds. The minimum absolute atomic E-state index is 0.0176. The van der Waals surface area contributed by atoms with E-state index in [-0.39, 0.29) is 5.78 Å².